The van der Waals surface area contributed by atoms with E-state index in [1.165, 1.54) is 0 Å². The Labute approximate surface area is 91.1 Å². The van der Waals surface area contributed by atoms with Gasteiger partial charge in [-0.15, -0.1) is 0 Å². The van der Waals surface area contributed by atoms with E-state index in [0.717, 1.165) is 6.42 Å². The van der Waals surface area contributed by atoms with E-state index in [-0.39, 0.29) is 6.61 Å². The number of amides is 1. The molecule has 1 amide bonds. The fourth-order valence-electron chi connectivity index (χ4n) is 1.46. The average Bonchev–Trinajstić information content (AvgIpc) is 2.14. The Morgan fingerprint density at radius 3 is 2.75 bits per heavy atom. The van der Waals surface area contributed by atoms with Crippen LogP contribution in [0.5, 0.6) is 0 Å². The molecule has 4 nitrogen and oxygen atoms in total. The summed E-state index contributed by atoms with van der Waals surface area (Å²) in [5, 5.41) is 2.38. The van der Waals surface area contributed by atoms with Crippen molar-refractivity contribution < 1.29 is 27.4 Å². The Bertz CT molecular complexity index is 249. The Balaban J connectivity index is 2.33. The van der Waals surface area contributed by atoms with E-state index in [1.807, 2.05) is 0 Å². The lowest BCUT2D eigenvalue weighted by Gasteiger charge is -2.33. The molecule has 1 fully saturated rings. The maximum Gasteiger partial charge on any atom is 0.422 e. The number of carbonyl (C=O) groups excluding carboxylic acids is 1. The van der Waals surface area contributed by atoms with Gasteiger partial charge in [0.05, 0.1) is 12.1 Å². The number of alkyl halides is 3. The number of rotatable bonds is 2. The predicted octanol–water partition coefficient (Wildman–Crippen LogP) is 1.84. The summed E-state index contributed by atoms with van der Waals surface area (Å²) in [4.78, 5) is 11.1. The highest BCUT2D eigenvalue weighted by Crippen LogP contribution is 2.19. The monoisotopic (exact) mass is 241 g/mol. The van der Waals surface area contributed by atoms with Crippen molar-refractivity contribution in [1.29, 1.82) is 0 Å². The second kappa shape index (κ2) is 4.90. The maximum atomic E-state index is 11.8. The summed E-state index contributed by atoms with van der Waals surface area (Å²) in [5.41, 5.74) is -0.638. The molecule has 7 heteroatoms. The lowest BCUT2D eigenvalue weighted by molar-refractivity contribution is -0.160. The van der Waals surface area contributed by atoms with Crippen molar-refractivity contribution in [1.82, 2.24) is 5.32 Å². The van der Waals surface area contributed by atoms with Gasteiger partial charge in [0.2, 0.25) is 0 Å². The van der Waals surface area contributed by atoms with Crippen LogP contribution in [0.4, 0.5) is 18.0 Å². The summed E-state index contributed by atoms with van der Waals surface area (Å²) in [6, 6.07) is 0. The smallest absolute Gasteiger partial charge is 0.422 e. The molecule has 1 aliphatic heterocycles. The van der Waals surface area contributed by atoms with Crippen molar-refractivity contribution >= 4 is 6.09 Å². The Hall–Kier alpha value is -0.980. The standard InChI is InChI=1S/C9H14F3NO3/c1-8(3-2-4-15-5-8)13-7(14)16-6-9(10,11)12/h2-6H2,1H3,(H,13,14). The van der Waals surface area contributed by atoms with Crippen LogP contribution >= 0.6 is 0 Å². The first-order valence-electron chi connectivity index (χ1n) is 4.90. The molecular formula is C9H14F3NO3. The van der Waals surface area contributed by atoms with Gasteiger partial charge in [-0.3, -0.25) is 0 Å². The lowest BCUT2D eigenvalue weighted by atomic mass is 9.95. The van der Waals surface area contributed by atoms with Crippen LogP contribution < -0.4 is 5.32 Å². The lowest BCUT2D eigenvalue weighted by Crippen LogP contribution is -2.52. The van der Waals surface area contributed by atoms with Crippen LogP contribution in [0, 0.1) is 0 Å². The van der Waals surface area contributed by atoms with Crippen molar-refractivity contribution in [2.45, 2.75) is 31.5 Å². The van der Waals surface area contributed by atoms with Gasteiger partial charge in [0.1, 0.15) is 0 Å². The molecule has 0 bridgehead atoms. The Kier molecular flexibility index (Phi) is 4.01. The van der Waals surface area contributed by atoms with E-state index in [1.54, 1.807) is 6.92 Å². The highest BCUT2D eigenvalue weighted by molar-refractivity contribution is 5.68. The van der Waals surface area contributed by atoms with Crippen LogP contribution in [0.1, 0.15) is 19.8 Å². The van der Waals surface area contributed by atoms with E-state index in [4.69, 9.17) is 4.74 Å². The number of carbonyl (C=O) groups is 1. The van der Waals surface area contributed by atoms with Gasteiger partial charge < -0.3 is 14.8 Å². The number of hydrogen-bond acceptors (Lipinski definition) is 3. The molecule has 1 atom stereocenters. The SMILES string of the molecule is CC1(NC(=O)OCC(F)(F)F)CCCOC1. The molecule has 1 heterocycles. The van der Waals surface area contributed by atoms with Crippen molar-refractivity contribution in [3.63, 3.8) is 0 Å². The maximum absolute atomic E-state index is 11.8. The third-order valence-electron chi connectivity index (χ3n) is 2.21. The summed E-state index contributed by atoms with van der Waals surface area (Å²) < 4.78 is 44.5. The molecule has 0 aromatic carbocycles. The zero-order chi connectivity index (χ0) is 12.2. The molecule has 0 spiro atoms. The van der Waals surface area contributed by atoms with Crippen LogP contribution in [-0.4, -0.2) is 37.6 Å². The van der Waals surface area contributed by atoms with E-state index in [0.29, 0.717) is 13.0 Å². The van der Waals surface area contributed by atoms with E-state index in [9.17, 15) is 18.0 Å². The quantitative estimate of drug-likeness (QED) is 0.802. The van der Waals surface area contributed by atoms with Crippen LogP contribution in [-0.2, 0) is 9.47 Å². The van der Waals surface area contributed by atoms with Crippen LogP contribution in [0.25, 0.3) is 0 Å². The largest absolute Gasteiger partial charge is 0.440 e. The topological polar surface area (TPSA) is 47.6 Å². The fourth-order valence-corrected chi connectivity index (χ4v) is 1.46. The normalized spacial score (nSPS) is 26.2. The highest BCUT2D eigenvalue weighted by atomic mass is 19.4. The van der Waals surface area contributed by atoms with Gasteiger partial charge in [0, 0.05) is 6.61 Å². The minimum Gasteiger partial charge on any atom is -0.440 e. The third-order valence-corrected chi connectivity index (χ3v) is 2.21. The van der Waals surface area contributed by atoms with Gasteiger partial charge in [-0.1, -0.05) is 0 Å². The molecule has 0 radical (unpaired) electrons. The summed E-state index contributed by atoms with van der Waals surface area (Å²) in [6.45, 7) is 1.03. The van der Waals surface area contributed by atoms with Gasteiger partial charge in [0.15, 0.2) is 6.61 Å². The second-order valence-corrected chi connectivity index (χ2v) is 4.03. The zero-order valence-electron chi connectivity index (χ0n) is 8.89. The molecule has 1 aliphatic rings. The van der Waals surface area contributed by atoms with Gasteiger partial charge in [-0.25, -0.2) is 4.79 Å². The highest BCUT2D eigenvalue weighted by Gasteiger charge is 2.33. The summed E-state index contributed by atoms with van der Waals surface area (Å²) in [5.74, 6) is 0. The first kappa shape index (κ1) is 13.1. The van der Waals surface area contributed by atoms with Gasteiger partial charge >= 0.3 is 12.3 Å². The van der Waals surface area contributed by atoms with Crippen molar-refractivity contribution in [3.8, 4) is 0 Å². The van der Waals surface area contributed by atoms with E-state index < -0.39 is 24.4 Å². The molecule has 0 aromatic heterocycles. The molecule has 1 unspecified atom stereocenters. The molecule has 1 saturated heterocycles. The first-order chi connectivity index (χ1) is 7.31. The van der Waals surface area contributed by atoms with Crippen molar-refractivity contribution in [2.24, 2.45) is 0 Å². The van der Waals surface area contributed by atoms with E-state index >= 15 is 0 Å². The Morgan fingerprint density at radius 2 is 2.25 bits per heavy atom. The number of alkyl carbamates (subject to hydrolysis) is 1. The average molecular weight is 241 g/mol. The van der Waals surface area contributed by atoms with Crippen LogP contribution in [0.3, 0.4) is 0 Å². The fraction of sp³-hybridized carbons (Fsp3) is 0.889. The minimum absolute atomic E-state index is 0.286. The summed E-state index contributed by atoms with van der Waals surface area (Å²) >= 11 is 0. The second-order valence-electron chi connectivity index (χ2n) is 4.03. The number of halogens is 3. The van der Waals surface area contributed by atoms with Crippen molar-refractivity contribution in [3.05, 3.63) is 0 Å². The van der Waals surface area contributed by atoms with E-state index in [2.05, 4.69) is 10.1 Å². The molecule has 1 rings (SSSR count). The zero-order valence-corrected chi connectivity index (χ0v) is 8.89. The van der Waals surface area contributed by atoms with Crippen LogP contribution in [0.2, 0.25) is 0 Å². The van der Waals surface area contributed by atoms with Crippen LogP contribution in [0.15, 0.2) is 0 Å². The Morgan fingerprint density at radius 1 is 1.56 bits per heavy atom. The molecule has 0 aromatic rings. The first-order valence-corrected chi connectivity index (χ1v) is 4.90. The number of hydrogen-bond donors (Lipinski definition) is 1. The summed E-state index contributed by atoms with van der Waals surface area (Å²) in [7, 11) is 0. The molecule has 0 aliphatic carbocycles. The van der Waals surface area contributed by atoms with Gasteiger partial charge in [-0.05, 0) is 19.8 Å². The molecule has 16 heavy (non-hydrogen) atoms. The summed E-state index contributed by atoms with van der Waals surface area (Å²) in [6.07, 6.45) is -4.14. The molecule has 94 valence electrons. The third kappa shape index (κ3) is 4.69. The molecule has 0 saturated carbocycles. The number of ether oxygens (including phenoxy) is 2. The van der Waals surface area contributed by atoms with Gasteiger partial charge in [-0.2, -0.15) is 13.2 Å². The van der Waals surface area contributed by atoms with Gasteiger partial charge in [0.25, 0.3) is 0 Å². The van der Waals surface area contributed by atoms with Crippen molar-refractivity contribution in [2.75, 3.05) is 19.8 Å². The minimum atomic E-state index is -4.50. The molecular weight excluding hydrogens is 227 g/mol. The molecule has 1 N–H and O–H groups in total. The number of nitrogens with one attached hydrogen (secondary N) is 1. The predicted molar refractivity (Wildman–Crippen MR) is 49.0 cm³/mol.